The maximum absolute atomic E-state index is 11.8. The summed E-state index contributed by atoms with van der Waals surface area (Å²) in [7, 11) is 3.67. The van der Waals surface area contributed by atoms with Crippen LogP contribution in [0.3, 0.4) is 0 Å². The summed E-state index contributed by atoms with van der Waals surface area (Å²) >= 11 is 0. The van der Waals surface area contributed by atoms with Crippen molar-refractivity contribution in [3.63, 3.8) is 0 Å². The average molecular weight is 325 g/mol. The standard InChI is InChI=1S/C16H19N7O/c1-17-16(24)12-8-23-6-4-10(7-13(23)21-12)22(2)15-11-3-5-18-14(11)19-9-20-15/h3,5,8-10H,4,6-7H2,1-2H3,(H,17,24)(H,18,19,20). The van der Waals surface area contributed by atoms with Crippen LogP contribution in [0, 0.1) is 0 Å². The molecule has 0 fully saturated rings. The first-order valence-electron chi connectivity index (χ1n) is 7.96. The van der Waals surface area contributed by atoms with Crippen LogP contribution >= 0.6 is 0 Å². The highest BCUT2D eigenvalue weighted by atomic mass is 16.1. The largest absolute Gasteiger partial charge is 0.356 e. The zero-order valence-corrected chi connectivity index (χ0v) is 13.7. The Hall–Kier alpha value is -2.90. The number of carbonyl (C=O) groups excluding carboxylic acids is 1. The molecule has 0 radical (unpaired) electrons. The molecule has 0 aromatic carbocycles. The third kappa shape index (κ3) is 2.31. The molecule has 4 rings (SSSR count). The Kier molecular flexibility index (Phi) is 3.44. The van der Waals surface area contributed by atoms with E-state index in [1.807, 2.05) is 18.5 Å². The van der Waals surface area contributed by atoms with Gasteiger partial charge < -0.3 is 19.8 Å². The molecule has 1 aliphatic heterocycles. The van der Waals surface area contributed by atoms with Gasteiger partial charge in [-0.1, -0.05) is 0 Å². The smallest absolute Gasteiger partial charge is 0.271 e. The number of H-pyrrole nitrogens is 1. The predicted molar refractivity (Wildman–Crippen MR) is 90.0 cm³/mol. The molecule has 1 aliphatic rings. The zero-order chi connectivity index (χ0) is 16.7. The maximum Gasteiger partial charge on any atom is 0.271 e. The number of aromatic nitrogens is 5. The fraction of sp³-hybridized carbons (Fsp3) is 0.375. The third-order valence-corrected chi connectivity index (χ3v) is 4.66. The SMILES string of the molecule is CNC(=O)c1cn2c(n1)CC(N(C)c1ncnc3[nH]ccc13)CC2. The number of hydrogen-bond donors (Lipinski definition) is 2. The van der Waals surface area contributed by atoms with Gasteiger partial charge in [-0.2, -0.15) is 0 Å². The Balaban J connectivity index is 1.61. The second kappa shape index (κ2) is 5.63. The number of nitrogens with zero attached hydrogens (tertiary/aromatic N) is 5. The van der Waals surface area contributed by atoms with E-state index in [1.54, 1.807) is 13.4 Å². The molecule has 0 bridgehead atoms. The molecule has 2 N–H and O–H groups in total. The van der Waals surface area contributed by atoms with E-state index in [2.05, 4.69) is 41.8 Å². The predicted octanol–water partition coefficient (Wildman–Crippen LogP) is 0.965. The summed E-state index contributed by atoms with van der Waals surface area (Å²) < 4.78 is 2.07. The van der Waals surface area contributed by atoms with Gasteiger partial charge in [0.1, 0.15) is 29.3 Å². The lowest BCUT2D eigenvalue weighted by Gasteiger charge is -2.32. The molecule has 0 saturated heterocycles. The summed E-state index contributed by atoms with van der Waals surface area (Å²) in [6, 6.07) is 2.28. The highest BCUT2D eigenvalue weighted by Crippen LogP contribution is 2.27. The Morgan fingerprint density at radius 3 is 3.17 bits per heavy atom. The van der Waals surface area contributed by atoms with Crippen LogP contribution in [0.25, 0.3) is 11.0 Å². The van der Waals surface area contributed by atoms with Crippen LogP contribution in [0.2, 0.25) is 0 Å². The van der Waals surface area contributed by atoms with E-state index in [4.69, 9.17) is 0 Å². The topological polar surface area (TPSA) is 91.7 Å². The summed E-state index contributed by atoms with van der Waals surface area (Å²) in [6.07, 6.45) is 7.05. The van der Waals surface area contributed by atoms with Crippen molar-refractivity contribution in [2.24, 2.45) is 0 Å². The van der Waals surface area contributed by atoms with E-state index in [0.29, 0.717) is 5.69 Å². The van der Waals surface area contributed by atoms with Gasteiger partial charge in [0, 0.05) is 45.5 Å². The normalized spacial score (nSPS) is 16.8. The highest BCUT2D eigenvalue weighted by Gasteiger charge is 2.26. The number of carbonyl (C=O) groups is 1. The molecule has 4 heterocycles. The van der Waals surface area contributed by atoms with Gasteiger partial charge in [-0.3, -0.25) is 4.79 Å². The monoisotopic (exact) mass is 325 g/mol. The molecule has 0 saturated carbocycles. The average Bonchev–Trinajstić information content (AvgIpc) is 3.25. The molecule has 0 spiro atoms. The molecule has 3 aromatic rings. The molecular formula is C16H19N7O. The quantitative estimate of drug-likeness (QED) is 0.748. The fourth-order valence-electron chi connectivity index (χ4n) is 3.29. The van der Waals surface area contributed by atoms with Gasteiger partial charge >= 0.3 is 0 Å². The molecule has 3 aromatic heterocycles. The molecule has 1 atom stereocenters. The van der Waals surface area contributed by atoms with Gasteiger partial charge in [-0.05, 0) is 12.5 Å². The van der Waals surface area contributed by atoms with Gasteiger partial charge in [-0.25, -0.2) is 15.0 Å². The van der Waals surface area contributed by atoms with E-state index < -0.39 is 0 Å². The van der Waals surface area contributed by atoms with Gasteiger partial charge in [0.25, 0.3) is 5.91 Å². The lowest BCUT2D eigenvalue weighted by Crippen LogP contribution is -2.38. The third-order valence-electron chi connectivity index (χ3n) is 4.66. The van der Waals surface area contributed by atoms with E-state index in [9.17, 15) is 4.79 Å². The number of anilines is 1. The van der Waals surface area contributed by atoms with Crippen LogP contribution in [0.15, 0.2) is 24.8 Å². The van der Waals surface area contributed by atoms with Crippen molar-refractivity contribution in [2.75, 3.05) is 19.0 Å². The van der Waals surface area contributed by atoms with Crippen molar-refractivity contribution in [3.05, 3.63) is 36.3 Å². The first-order chi connectivity index (χ1) is 11.7. The minimum atomic E-state index is -0.147. The van der Waals surface area contributed by atoms with Crippen molar-refractivity contribution in [1.82, 2.24) is 29.8 Å². The molecule has 1 unspecified atom stereocenters. The summed E-state index contributed by atoms with van der Waals surface area (Å²) in [5.41, 5.74) is 1.32. The van der Waals surface area contributed by atoms with Crippen LogP contribution in [0.5, 0.6) is 0 Å². The summed E-state index contributed by atoms with van der Waals surface area (Å²) in [6.45, 7) is 0.843. The first-order valence-corrected chi connectivity index (χ1v) is 7.96. The Labute approximate surface area is 138 Å². The molecular weight excluding hydrogens is 306 g/mol. The number of fused-ring (bicyclic) bond motifs is 2. The van der Waals surface area contributed by atoms with Crippen molar-refractivity contribution in [3.8, 4) is 0 Å². The van der Waals surface area contributed by atoms with Crippen molar-refractivity contribution >= 4 is 22.8 Å². The highest BCUT2D eigenvalue weighted by molar-refractivity contribution is 5.92. The van der Waals surface area contributed by atoms with Crippen molar-refractivity contribution in [2.45, 2.75) is 25.4 Å². The van der Waals surface area contributed by atoms with Crippen LogP contribution in [-0.2, 0) is 13.0 Å². The van der Waals surface area contributed by atoms with E-state index in [1.165, 1.54) is 0 Å². The zero-order valence-electron chi connectivity index (χ0n) is 13.7. The lowest BCUT2D eigenvalue weighted by atomic mass is 10.0. The number of hydrogen-bond acceptors (Lipinski definition) is 5. The van der Waals surface area contributed by atoms with Gasteiger partial charge in [0.05, 0.1) is 5.39 Å². The van der Waals surface area contributed by atoms with Crippen LogP contribution in [-0.4, -0.2) is 50.5 Å². The number of aromatic amines is 1. The van der Waals surface area contributed by atoms with Crippen LogP contribution < -0.4 is 10.2 Å². The maximum atomic E-state index is 11.8. The molecule has 1 amide bonds. The van der Waals surface area contributed by atoms with Crippen LogP contribution in [0.1, 0.15) is 22.7 Å². The van der Waals surface area contributed by atoms with Crippen molar-refractivity contribution < 1.29 is 4.79 Å². The van der Waals surface area contributed by atoms with Gasteiger partial charge in [-0.15, -0.1) is 0 Å². The molecule has 8 nitrogen and oxygen atoms in total. The number of rotatable bonds is 3. The van der Waals surface area contributed by atoms with E-state index >= 15 is 0 Å². The minimum absolute atomic E-state index is 0.147. The van der Waals surface area contributed by atoms with E-state index in [0.717, 1.165) is 42.1 Å². The number of likely N-dealkylation sites (N-methyl/N-ethyl adjacent to an activating group) is 1. The number of amides is 1. The summed E-state index contributed by atoms with van der Waals surface area (Å²) in [5, 5.41) is 3.64. The summed E-state index contributed by atoms with van der Waals surface area (Å²) in [5.74, 6) is 1.71. The molecule has 0 aliphatic carbocycles. The second-order valence-electron chi connectivity index (χ2n) is 6.01. The second-order valence-corrected chi connectivity index (χ2v) is 6.01. The molecule has 8 heteroatoms. The number of aryl methyl sites for hydroxylation is 1. The Morgan fingerprint density at radius 2 is 2.33 bits per heavy atom. The van der Waals surface area contributed by atoms with Gasteiger partial charge in [0.2, 0.25) is 0 Å². The molecule has 124 valence electrons. The number of imidazole rings is 1. The number of nitrogens with one attached hydrogen (secondary N) is 2. The van der Waals surface area contributed by atoms with Gasteiger partial charge in [0.15, 0.2) is 0 Å². The van der Waals surface area contributed by atoms with E-state index in [-0.39, 0.29) is 11.9 Å². The lowest BCUT2D eigenvalue weighted by molar-refractivity contribution is 0.0958. The molecule has 24 heavy (non-hydrogen) atoms. The van der Waals surface area contributed by atoms with Crippen LogP contribution in [0.4, 0.5) is 5.82 Å². The summed E-state index contributed by atoms with van der Waals surface area (Å²) in [4.78, 5) is 30.3. The Bertz CT molecular complexity index is 897. The fourth-order valence-corrected chi connectivity index (χ4v) is 3.29. The minimum Gasteiger partial charge on any atom is -0.356 e. The Morgan fingerprint density at radius 1 is 1.46 bits per heavy atom. The van der Waals surface area contributed by atoms with Crippen molar-refractivity contribution in [1.29, 1.82) is 0 Å². The first kappa shape index (κ1) is 14.7.